The van der Waals surface area contributed by atoms with E-state index in [-0.39, 0.29) is 40.5 Å². The highest BCUT2D eigenvalue weighted by molar-refractivity contribution is 9.10. The lowest BCUT2D eigenvalue weighted by atomic mass is 10.2. The quantitative estimate of drug-likeness (QED) is 0.810. The number of carbonyl (C=O) groups is 2. The Hall–Kier alpha value is -1.48. The van der Waals surface area contributed by atoms with E-state index in [1.807, 2.05) is 0 Å². The zero-order valence-electron chi connectivity index (χ0n) is 12.4. The fourth-order valence-corrected chi connectivity index (χ4v) is 3.63. The smallest absolute Gasteiger partial charge is 0.252 e. The van der Waals surface area contributed by atoms with Gasteiger partial charge >= 0.3 is 0 Å². The topological polar surface area (TPSA) is 83.6 Å². The molecule has 0 aromatic heterocycles. The SMILES string of the molecule is CC(NC(=O)c1ccc(Br)c(F)c1)C(=O)N1CCS(=O)(=O)CC1. The van der Waals surface area contributed by atoms with Gasteiger partial charge in [-0.05, 0) is 41.1 Å². The third kappa shape index (κ3) is 4.51. The zero-order chi connectivity index (χ0) is 17.2. The van der Waals surface area contributed by atoms with Gasteiger partial charge in [0.15, 0.2) is 9.84 Å². The molecule has 1 N–H and O–H groups in total. The molecule has 1 aliphatic rings. The van der Waals surface area contributed by atoms with Gasteiger partial charge in [0, 0.05) is 18.7 Å². The molecule has 1 aromatic carbocycles. The van der Waals surface area contributed by atoms with Crippen LogP contribution in [0, 0.1) is 5.82 Å². The lowest BCUT2D eigenvalue weighted by Gasteiger charge is -2.29. The van der Waals surface area contributed by atoms with Crippen molar-refractivity contribution in [2.24, 2.45) is 0 Å². The molecule has 1 aliphatic heterocycles. The molecule has 1 fully saturated rings. The standard InChI is InChI=1S/C14H16BrFN2O4S/c1-9(14(20)18-4-6-23(21,22)7-5-18)17-13(19)10-2-3-11(15)12(16)8-10/h2-3,8-9H,4-7H2,1H3,(H,17,19). The minimum atomic E-state index is -3.08. The van der Waals surface area contributed by atoms with Crippen molar-refractivity contribution in [3.63, 3.8) is 0 Å². The maximum atomic E-state index is 13.4. The summed E-state index contributed by atoms with van der Waals surface area (Å²) in [5.74, 6) is -1.64. The number of carbonyl (C=O) groups excluding carboxylic acids is 2. The number of rotatable bonds is 3. The van der Waals surface area contributed by atoms with Crippen LogP contribution in [-0.4, -0.2) is 55.8 Å². The highest BCUT2D eigenvalue weighted by Gasteiger charge is 2.28. The molecule has 0 saturated carbocycles. The average Bonchev–Trinajstić information content (AvgIpc) is 2.49. The fourth-order valence-electron chi connectivity index (χ4n) is 2.19. The van der Waals surface area contributed by atoms with Crippen LogP contribution in [0.15, 0.2) is 22.7 Å². The van der Waals surface area contributed by atoms with Gasteiger partial charge in [0.05, 0.1) is 16.0 Å². The van der Waals surface area contributed by atoms with Crippen LogP contribution in [-0.2, 0) is 14.6 Å². The molecule has 0 spiro atoms. The van der Waals surface area contributed by atoms with E-state index < -0.39 is 27.6 Å². The van der Waals surface area contributed by atoms with Gasteiger partial charge < -0.3 is 10.2 Å². The number of halogens is 2. The van der Waals surface area contributed by atoms with E-state index in [4.69, 9.17) is 0 Å². The highest BCUT2D eigenvalue weighted by Crippen LogP contribution is 2.16. The van der Waals surface area contributed by atoms with E-state index in [2.05, 4.69) is 21.2 Å². The highest BCUT2D eigenvalue weighted by atomic mass is 79.9. The van der Waals surface area contributed by atoms with Crippen LogP contribution in [0.4, 0.5) is 4.39 Å². The van der Waals surface area contributed by atoms with Gasteiger partial charge in [0.2, 0.25) is 5.91 Å². The van der Waals surface area contributed by atoms with E-state index in [0.717, 1.165) is 6.07 Å². The summed E-state index contributed by atoms with van der Waals surface area (Å²) >= 11 is 3.00. The van der Waals surface area contributed by atoms with Gasteiger partial charge in [-0.3, -0.25) is 9.59 Å². The first-order valence-corrected chi connectivity index (χ1v) is 9.56. The third-order valence-corrected chi connectivity index (χ3v) is 5.81. The second-order valence-corrected chi connectivity index (χ2v) is 8.46. The van der Waals surface area contributed by atoms with Crippen molar-refractivity contribution in [3.05, 3.63) is 34.1 Å². The second-order valence-electron chi connectivity index (χ2n) is 5.30. The number of amides is 2. The van der Waals surface area contributed by atoms with Crippen molar-refractivity contribution >= 4 is 37.6 Å². The third-order valence-electron chi connectivity index (χ3n) is 3.56. The summed E-state index contributed by atoms with van der Waals surface area (Å²) in [6.07, 6.45) is 0. The second kappa shape index (κ2) is 6.96. The number of nitrogens with one attached hydrogen (secondary N) is 1. The summed E-state index contributed by atoms with van der Waals surface area (Å²) in [6, 6.07) is 3.10. The Morgan fingerprint density at radius 1 is 1.30 bits per heavy atom. The molecule has 9 heteroatoms. The van der Waals surface area contributed by atoms with Gasteiger partial charge in [0.1, 0.15) is 11.9 Å². The molecule has 1 heterocycles. The summed E-state index contributed by atoms with van der Waals surface area (Å²) < 4.78 is 36.4. The van der Waals surface area contributed by atoms with Crippen LogP contribution in [0.5, 0.6) is 0 Å². The Morgan fingerprint density at radius 3 is 2.48 bits per heavy atom. The number of nitrogens with zero attached hydrogens (tertiary/aromatic N) is 1. The van der Waals surface area contributed by atoms with Crippen LogP contribution < -0.4 is 5.32 Å². The normalized spacial score (nSPS) is 18.3. The van der Waals surface area contributed by atoms with E-state index in [1.165, 1.54) is 24.0 Å². The molecule has 6 nitrogen and oxygen atoms in total. The lowest BCUT2D eigenvalue weighted by molar-refractivity contribution is -0.132. The van der Waals surface area contributed by atoms with Crippen molar-refractivity contribution < 1.29 is 22.4 Å². The molecule has 1 saturated heterocycles. The first-order valence-electron chi connectivity index (χ1n) is 6.95. The van der Waals surface area contributed by atoms with Crippen LogP contribution in [0.25, 0.3) is 0 Å². The van der Waals surface area contributed by atoms with Gasteiger partial charge in [-0.15, -0.1) is 0 Å². The summed E-state index contributed by atoms with van der Waals surface area (Å²) in [5, 5.41) is 2.50. The zero-order valence-corrected chi connectivity index (χ0v) is 14.8. The predicted molar refractivity (Wildman–Crippen MR) is 86.3 cm³/mol. The number of sulfone groups is 1. The summed E-state index contributed by atoms with van der Waals surface area (Å²) in [4.78, 5) is 25.7. The molecule has 2 amide bonds. The van der Waals surface area contributed by atoms with Crippen molar-refractivity contribution in [1.82, 2.24) is 10.2 Å². The van der Waals surface area contributed by atoms with Gasteiger partial charge in [-0.25, -0.2) is 12.8 Å². The largest absolute Gasteiger partial charge is 0.341 e. The van der Waals surface area contributed by atoms with E-state index in [9.17, 15) is 22.4 Å². The first-order chi connectivity index (χ1) is 10.7. The van der Waals surface area contributed by atoms with Crippen LogP contribution in [0.3, 0.4) is 0 Å². The molecule has 0 radical (unpaired) electrons. The summed E-state index contributed by atoms with van der Waals surface area (Å²) in [5.41, 5.74) is 0.103. The Balaban J connectivity index is 1.98. The number of hydrogen-bond donors (Lipinski definition) is 1. The molecule has 126 valence electrons. The molecular weight excluding hydrogens is 391 g/mol. The molecular formula is C14H16BrFN2O4S. The van der Waals surface area contributed by atoms with E-state index in [1.54, 1.807) is 0 Å². The monoisotopic (exact) mass is 406 g/mol. The van der Waals surface area contributed by atoms with Gasteiger partial charge in [-0.1, -0.05) is 0 Å². The summed E-state index contributed by atoms with van der Waals surface area (Å²) in [7, 11) is -3.08. The van der Waals surface area contributed by atoms with Crippen LogP contribution >= 0.6 is 15.9 Å². The van der Waals surface area contributed by atoms with Crippen molar-refractivity contribution in [2.45, 2.75) is 13.0 Å². The number of benzene rings is 1. The number of hydrogen-bond acceptors (Lipinski definition) is 4. The average molecular weight is 407 g/mol. The molecule has 2 rings (SSSR count). The van der Waals surface area contributed by atoms with Crippen LogP contribution in [0.1, 0.15) is 17.3 Å². The summed E-state index contributed by atoms with van der Waals surface area (Å²) in [6.45, 7) is 1.75. The van der Waals surface area contributed by atoms with Crippen molar-refractivity contribution in [1.29, 1.82) is 0 Å². The van der Waals surface area contributed by atoms with Crippen LogP contribution in [0.2, 0.25) is 0 Å². The lowest BCUT2D eigenvalue weighted by Crippen LogP contribution is -2.51. The van der Waals surface area contributed by atoms with Crippen molar-refractivity contribution in [3.8, 4) is 0 Å². The minimum Gasteiger partial charge on any atom is -0.341 e. The Kier molecular flexibility index (Phi) is 5.41. The molecule has 1 aromatic rings. The first kappa shape index (κ1) is 17.9. The van der Waals surface area contributed by atoms with E-state index in [0.29, 0.717) is 0 Å². The Labute approximate surface area is 142 Å². The molecule has 23 heavy (non-hydrogen) atoms. The molecule has 1 atom stereocenters. The maximum absolute atomic E-state index is 13.4. The molecule has 0 aliphatic carbocycles. The predicted octanol–water partition coefficient (Wildman–Crippen LogP) is 0.964. The molecule has 0 bridgehead atoms. The fraction of sp³-hybridized carbons (Fsp3) is 0.429. The Bertz CT molecular complexity index is 724. The molecule has 1 unspecified atom stereocenters. The maximum Gasteiger partial charge on any atom is 0.252 e. The Morgan fingerprint density at radius 2 is 1.91 bits per heavy atom. The minimum absolute atomic E-state index is 0.0721. The van der Waals surface area contributed by atoms with Gasteiger partial charge in [-0.2, -0.15) is 0 Å². The van der Waals surface area contributed by atoms with E-state index >= 15 is 0 Å². The van der Waals surface area contributed by atoms with Crippen molar-refractivity contribution in [2.75, 3.05) is 24.6 Å². The van der Waals surface area contributed by atoms with Gasteiger partial charge in [0.25, 0.3) is 5.91 Å².